The lowest BCUT2D eigenvalue weighted by Gasteiger charge is -2.22. The Morgan fingerprint density at radius 1 is 1.40 bits per heavy atom. The Hall–Kier alpha value is 0.270. The van der Waals surface area contributed by atoms with E-state index in [0.29, 0.717) is 11.6 Å². The minimum atomic E-state index is 0.108. The molecule has 0 aliphatic heterocycles. The zero-order chi connectivity index (χ0) is 11.5. The normalized spacial score (nSPS) is 11.5. The molecule has 1 rings (SSSR count). The van der Waals surface area contributed by atoms with Crippen LogP contribution in [0.4, 0.5) is 0 Å². The van der Waals surface area contributed by atoms with Crippen LogP contribution in [0, 0.1) is 5.41 Å². The molecule has 0 saturated carbocycles. The van der Waals surface area contributed by atoms with Crippen LogP contribution in [-0.4, -0.2) is 11.9 Å². The van der Waals surface area contributed by atoms with Crippen molar-refractivity contribution in [2.75, 3.05) is 11.9 Å². The highest BCUT2D eigenvalue weighted by molar-refractivity contribution is 9.10. The van der Waals surface area contributed by atoms with Crippen molar-refractivity contribution in [1.29, 1.82) is 0 Å². The summed E-state index contributed by atoms with van der Waals surface area (Å²) >= 11 is 12.8. The molecule has 1 nitrogen and oxygen atoms in total. The van der Waals surface area contributed by atoms with Gasteiger partial charge in [-0.2, -0.15) is 0 Å². The molecule has 15 heavy (non-hydrogen) atoms. The SMILES string of the molecule is CC(C)(CBr)COc1ccc(Br)cc1Cl. The fraction of sp³-hybridized carbons (Fsp3) is 0.455. The number of alkyl halides is 1. The first kappa shape index (κ1) is 13.3. The summed E-state index contributed by atoms with van der Waals surface area (Å²) in [6, 6.07) is 5.62. The molecule has 0 aliphatic carbocycles. The zero-order valence-electron chi connectivity index (χ0n) is 8.69. The second kappa shape index (κ2) is 5.55. The highest BCUT2D eigenvalue weighted by Crippen LogP contribution is 2.29. The van der Waals surface area contributed by atoms with Gasteiger partial charge in [0.1, 0.15) is 5.75 Å². The molecule has 4 heteroatoms. The summed E-state index contributed by atoms with van der Waals surface area (Å²) in [5.41, 5.74) is 0.108. The quantitative estimate of drug-likeness (QED) is 0.697. The number of benzene rings is 1. The van der Waals surface area contributed by atoms with E-state index in [0.717, 1.165) is 15.6 Å². The van der Waals surface area contributed by atoms with E-state index in [4.69, 9.17) is 16.3 Å². The van der Waals surface area contributed by atoms with Crippen LogP contribution in [-0.2, 0) is 0 Å². The summed E-state index contributed by atoms with van der Waals surface area (Å²) < 4.78 is 6.62. The van der Waals surface area contributed by atoms with Crippen LogP contribution in [0.3, 0.4) is 0 Å². The van der Waals surface area contributed by atoms with Gasteiger partial charge < -0.3 is 4.74 Å². The first-order valence-corrected chi connectivity index (χ1v) is 6.88. The minimum Gasteiger partial charge on any atom is -0.491 e. The molecule has 1 aromatic carbocycles. The first-order valence-electron chi connectivity index (χ1n) is 4.58. The van der Waals surface area contributed by atoms with E-state index in [1.165, 1.54) is 0 Å². The molecule has 0 unspecified atom stereocenters. The van der Waals surface area contributed by atoms with Gasteiger partial charge >= 0.3 is 0 Å². The lowest BCUT2D eigenvalue weighted by atomic mass is 9.98. The van der Waals surface area contributed by atoms with Crippen LogP contribution in [0.2, 0.25) is 5.02 Å². The Morgan fingerprint density at radius 2 is 2.07 bits per heavy atom. The van der Waals surface area contributed by atoms with Crippen molar-refractivity contribution in [3.05, 3.63) is 27.7 Å². The predicted molar refractivity (Wildman–Crippen MR) is 72.2 cm³/mol. The Kier molecular flexibility index (Phi) is 4.94. The third-order valence-electron chi connectivity index (χ3n) is 1.87. The van der Waals surface area contributed by atoms with Crippen molar-refractivity contribution in [2.24, 2.45) is 5.41 Å². The zero-order valence-corrected chi connectivity index (χ0v) is 12.6. The van der Waals surface area contributed by atoms with E-state index in [1.54, 1.807) is 0 Å². The summed E-state index contributed by atoms with van der Waals surface area (Å²) in [7, 11) is 0. The predicted octanol–water partition coefficient (Wildman–Crippen LogP) is 4.90. The minimum absolute atomic E-state index is 0.108. The monoisotopic (exact) mass is 354 g/mol. The van der Waals surface area contributed by atoms with E-state index in [9.17, 15) is 0 Å². The van der Waals surface area contributed by atoms with Gasteiger partial charge in [0, 0.05) is 15.2 Å². The van der Waals surface area contributed by atoms with Crippen LogP contribution in [0.1, 0.15) is 13.8 Å². The highest BCUT2D eigenvalue weighted by atomic mass is 79.9. The number of hydrogen-bond acceptors (Lipinski definition) is 1. The molecule has 0 bridgehead atoms. The molecule has 0 amide bonds. The summed E-state index contributed by atoms with van der Waals surface area (Å²) in [5.74, 6) is 0.730. The maximum Gasteiger partial charge on any atom is 0.137 e. The standard InChI is InChI=1S/C11H13Br2ClO/c1-11(2,6-12)7-15-10-4-3-8(13)5-9(10)14/h3-5H,6-7H2,1-2H3. The maximum absolute atomic E-state index is 6.03. The van der Waals surface area contributed by atoms with Crippen LogP contribution in [0.25, 0.3) is 0 Å². The largest absolute Gasteiger partial charge is 0.491 e. The Bertz CT molecular complexity index is 339. The Balaban J connectivity index is 2.66. The van der Waals surface area contributed by atoms with E-state index < -0.39 is 0 Å². The van der Waals surface area contributed by atoms with Gasteiger partial charge in [-0.3, -0.25) is 0 Å². The van der Waals surface area contributed by atoms with Crippen molar-refractivity contribution in [2.45, 2.75) is 13.8 Å². The van der Waals surface area contributed by atoms with E-state index >= 15 is 0 Å². The molecule has 0 atom stereocenters. The van der Waals surface area contributed by atoms with Gasteiger partial charge in [0.05, 0.1) is 11.6 Å². The summed E-state index contributed by atoms with van der Waals surface area (Å²) in [6.07, 6.45) is 0. The lowest BCUT2D eigenvalue weighted by Crippen LogP contribution is -2.22. The molecular formula is C11H13Br2ClO. The average Bonchev–Trinajstić information content (AvgIpc) is 2.16. The first-order chi connectivity index (χ1) is 6.94. The summed E-state index contributed by atoms with van der Waals surface area (Å²) in [6.45, 7) is 4.91. The molecule has 0 heterocycles. The third-order valence-corrected chi connectivity index (χ3v) is 4.18. The van der Waals surface area contributed by atoms with Crippen molar-refractivity contribution in [1.82, 2.24) is 0 Å². The summed E-state index contributed by atoms with van der Waals surface area (Å²) in [5, 5.41) is 1.53. The van der Waals surface area contributed by atoms with Gasteiger partial charge in [-0.05, 0) is 18.2 Å². The molecular weight excluding hydrogens is 343 g/mol. The molecule has 0 aliphatic rings. The highest BCUT2D eigenvalue weighted by Gasteiger charge is 2.17. The average molecular weight is 356 g/mol. The van der Waals surface area contributed by atoms with Crippen LogP contribution in [0.15, 0.2) is 22.7 Å². The van der Waals surface area contributed by atoms with Crippen LogP contribution < -0.4 is 4.74 Å². The maximum atomic E-state index is 6.03. The van der Waals surface area contributed by atoms with Crippen LogP contribution >= 0.6 is 43.5 Å². The summed E-state index contributed by atoms with van der Waals surface area (Å²) in [4.78, 5) is 0. The second-order valence-electron chi connectivity index (χ2n) is 4.16. The molecule has 0 aromatic heterocycles. The molecule has 0 N–H and O–H groups in total. The van der Waals surface area contributed by atoms with Gasteiger partial charge in [0.15, 0.2) is 0 Å². The van der Waals surface area contributed by atoms with Crippen molar-refractivity contribution in [3.8, 4) is 5.75 Å². The van der Waals surface area contributed by atoms with E-state index in [-0.39, 0.29) is 5.41 Å². The van der Waals surface area contributed by atoms with E-state index in [2.05, 4.69) is 45.7 Å². The van der Waals surface area contributed by atoms with Gasteiger partial charge in [0.2, 0.25) is 0 Å². The Labute approximate surface area is 112 Å². The van der Waals surface area contributed by atoms with E-state index in [1.807, 2.05) is 18.2 Å². The number of ether oxygens (including phenoxy) is 1. The van der Waals surface area contributed by atoms with Gasteiger partial charge in [0.25, 0.3) is 0 Å². The molecule has 0 spiro atoms. The number of halogens is 3. The van der Waals surface area contributed by atoms with Crippen molar-refractivity contribution in [3.63, 3.8) is 0 Å². The van der Waals surface area contributed by atoms with Crippen LogP contribution in [0.5, 0.6) is 5.75 Å². The van der Waals surface area contributed by atoms with Gasteiger partial charge in [-0.15, -0.1) is 0 Å². The van der Waals surface area contributed by atoms with Gasteiger partial charge in [-0.1, -0.05) is 57.3 Å². The fourth-order valence-corrected chi connectivity index (χ4v) is 1.79. The second-order valence-corrected chi connectivity index (χ2v) is 6.04. The Morgan fingerprint density at radius 3 is 2.60 bits per heavy atom. The molecule has 0 radical (unpaired) electrons. The molecule has 1 aromatic rings. The van der Waals surface area contributed by atoms with Crippen molar-refractivity contribution < 1.29 is 4.74 Å². The smallest absolute Gasteiger partial charge is 0.137 e. The molecule has 0 saturated heterocycles. The number of hydrogen-bond donors (Lipinski definition) is 0. The lowest BCUT2D eigenvalue weighted by molar-refractivity contribution is 0.203. The number of rotatable bonds is 4. The molecule has 0 fully saturated rings. The third kappa shape index (κ3) is 4.33. The fourth-order valence-electron chi connectivity index (χ4n) is 0.904. The molecule has 84 valence electrons. The van der Waals surface area contributed by atoms with Crippen molar-refractivity contribution >= 4 is 43.5 Å². The van der Waals surface area contributed by atoms with Gasteiger partial charge in [-0.25, -0.2) is 0 Å². The topological polar surface area (TPSA) is 9.23 Å².